The van der Waals surface area contributed by atoms with Gasteiger partial charge in [0.25, 0.3) is 0 Å². The number of hydrogen-bond donors (Lipinski definition) is 1. The normalized spacial score (nSPS) is 8.27. The highest BCUT2D eigenvalue weighted by atomic mass is 16.2. The molecule has 1 heteroatoms. The molecule has 0 amide bonds. The Hall–Kier alpha value is -0.820. The molecule has 0 saturated heterocycles. The Kier molecular flexibility index (Phi) is 6.75. The molecule has 0 heterocycles. The molecule has 1 N–H and O–H groups in total. The standard InChI is InChI=1S/C7H8.C3H8O/c1-7-5-3-2-4-6-7;1-2-3-4/h2-6H,1H3;4H,2-3H2,1H3. The molecular weight excluding hydrogens is 136 g/mol. The highest BCUT2D eigenvalue weighted by Crippen LogP contribution is 1.92. The van der Waals surface area contributed by atoms with E-state index in [9.17, 15) is 0 Å². The molecule has 1 rings (SSSR count). The molecule has 0 aromatic heterocycles. The largest absolute Gasteiger partial charge is 0.396 e. The second-order valence-corrected chi connectivity index (χ2v) is 2.38. The maximum atomic E-state index is 7.88. The minimum absolute atomic E-state index is 0.319. The molecule has 1 aromatic rings. The number of benzene rings is 1. The van der Waals surface area contributed by atoms with Crippen LogP contribution >= 0.6 is 0 Å². The summed E-state index contributed by atoms with van der Waals surface area (Å²) in [4.78, 5) is 0. The summed E-state index contributed by atoms with van der Waals surface area (Å²) in [5.41, 5.74) is 1.32. The van der Waals surface area contributed by atoms with Gasteiger partial charge in [-0.2, -0.15) is 0 Å². The van der Waals surface area contributed by atoms with Crippen molar-refractivity contribution in [3.05, 3.63) is 35.9 Å². The number of rotatable bonds is 1. The van der Waals surface area contributed by atoms with Crippen LogP contribution in [0.25, 0.3) is 0 Å². The van der Waals surface area contributed by atoms with Crippen molar-refractivity contribution in [2.45, 2.75) is 20.3 Å². The van der Waals surface area contributed by atoms with Crippen molar-refractivity contribution in [2.24, 2.45) is 0 Å². The summed E-state index contributed by atoms with van der Waals surface area (Å²) in [7, 11) is 0. The van der Waals surface area contributed by atoms with Gasteiger partial charge in [-0.05, 0) is 13.3 Å². The fourth-order valence-corrected chi connectivity index (χ4v) is 0.534. The highest BCUT2D eigenvalue weighted by molar-refractivity contribution is 5.11. The summed E-state index contributed by atoms with van der Waals surface area (Å²) in [5.74, 6) is 0. The van der Waals surface area contributed by atoms with Gasteiger partial charge in [-0.25, -0.2) is 0 Å². The molecule has 0 spiro atoms. The third-order valence-electron chi connectivity index (χ3n) is 1.16. The molecule has 0 unspecified atom stereocenters. The van der Waals surface area contributed by atoms with Gasteiger partial charge in [0, 0.05) is 6.61 Å². The van der Waals surface area contributed by atoms with Gasteiger partial charge in [-0.3, -0.25) is 0 Å². The second kappa shape index (κ2) is 7.29. The van der Waals surface area contributed by atoms with E-state index in [-0.39, 0.29) is 0 Å². The molecule has 11 heavy (non-hydrogen) atoms. The lowest BCUT2D eigenvalue weighted by molar-refractivity contribution is 0.295. The summed E-state index contributed by atoms with van der Waals surface area (Å²) < 4.78 is 0. The van der Waals surface area contributed by atoms with Crippen molar-refractivity contribution in [1.29, 1.82) is 0 Å². The number of aliphatic hydroxyl groups excluding tert-OH is 1. The zero-order valence-electron chi connectivity index (χ0n) is 7.25. The Balaban J connectivity index is 0.000000218. The van der Waals surface area contributed by atoms with Gasteiger partial charge in [-0.15, -0.1) is 0 Å². The van der Waals surface area contributed by atoms with Crippen LogP contribution in [0, 0.1) is 6.92 Å². The first kappa shape index (κ1) is 10.2. The van der Waals surface area contributed by atoms with Gasteiger partial charge in [0.15, 0.2) is 0 Å². The van der Waals surface area contributed by atoms with Crippen molar-refractivity contribution in [3.8, 4) is 0 Å². The average Bonchev–Trinajstić information content (AvgIpc) is 2.07. The molecule has 0 saturated carbocycles. The van der Waals surface area contributed by atoms with Crippen LogP contribution in [0.15, 0.2) is 30.3 Å². The van der Waals surface area contributed by atoms with Crippen LogP contribution in [0.5, 0.6) is 0 Å². The number of aliphatic hydroxyl groups is 1. The molecule has 0 aliphatic carbocycles. The highest BCUT2D eigenvalue weighted by Gasteiger charge is 1.72. The van der Waals surface area contributed by atoms with Gasteiger partial charge < -0.3 is 5.11 Å². The maximum absolute atomic E-state index is 7.88. The first-order valence-electron chi connectivity index (χ1n) is 3.93. The van der Waals surface area contributed by atoms with E-state index < -0.39 is 0 Å². The van der Waals surface area contributed by atoms with E-state index in [1.165, 1.54) is 5.56 Å². The molecule has 0 aliphatic heterocycles. The van der Waals surface area contributed by atoms with Crippen LogP contribution in [0.1, 0.15) is 18.9 Å². The van der Waals surface area contributed by atoms with Gasteiger partial charge >= 0.3 is 0 Å². The summed E-state index contributed by atoms with van der Waals surface area (Å²) in [6, 6.07) is 10.3. The van der Waals surface area contributed by atoms with Crippen LogP contribution in [0.2, 0.25) is 0 Å². The van der Waals surface area contributed by atoms with E-state index in [0.717, 1.165) is 6.42 Å². The summed E-state index contributed by atoms with van der Waals surface area (Å²) in [6.45, 7) is 4.33. The molecule has 0 fully saturated rings. The second-order valence-electron chi connectivity index (χ2n) is 2.38. The van der Waals surface area contributed by atoms with E-state index in [0.29, 0.717) is 6.61 Å². The summed E-state index contributed by atoms with van der Waals surface area (Å²) in [5, 5.41) is 7.88. The van der Waals surface area contributed by atoms with Crippen molar-refractivity contribution >= 4 is 0 Å². The van der Waals surface area contributed by atoms with Crippen molar-refractivity contribution in [1.82, 2.24) is 0 Å². The van der Waals surface area contributed by atoms with Crippen molar-refractivity contribution < 1.29 is 5.11 Å². The quantitative estimate of drug-likeness (QED) is 0.655. The summed E-state index contributed by atoms with van der Waals surface area (Å²) in [6.07, 6.45) is 0.875. The maximum Gasteiger partial charge on any atom is 0.0428 e. The molecule has 62 valence electrons. The lowest BCUT2D eigenvalue weighted by atomic mass is 10.2. The third-order valence-corrected chi connectivity index (χ3v) is 1.16. The smallest absolute Gasteiger partial charge is 0.0428 e. The van der Waals surface area contributed by atoms with Crippen LogP contribution in [-0.4, -0.2) is 11.7 Å². The van der Waals surface area contributed by atoms with E-state index >= 15 is 0 Å². The molecule has 0 bridgehead atoms. The monoisotopic (exact) mass is 152 g/mol. The third kappa shape index (κ3) is 7.07. The Bertz CT molecular complexity index is 156. The predicted molar refractivity (Wildman–Crippen MR) is 48.6 cm³/mol. The lowest BCUT2D eigenvalue weighted by Gasteiger charge is -1.82. The fourth-order valence-electron chi connectivity index (χ4n) is 0.534. The zero-order chi connectivity index (χ0) is 8.53. The average molecular weight is 152 g/mol. The first-order chi connectivity index (χ1) is 5.31. The van der Waals surface area contributed by atoms with Crippen LogP contribution in [-0.2, 0) is 0 Å². The molecule has 1 nitrogen and oxygen atoms in total. The van der Waals surface area contributed by atoms with Gasteiger partial charge in [0.2, 0.25) is 0 Å². The molecule has 0 radical (unpaired) electrons. The predicted octanol–water partition coefficient (Wildman–Crippen LogP) is 2.38. The SMILES string of the molecule is CCCO.Cc1ccccc1. The van der Waals surface area contributed by atoms with Crippen molar-refractivity contribution in [3.63, 3.8) is 0 Å². The lowest BCUT2D eigenvalue weighted by Crippen LogP contribution is -1.69. The van der Waals surface area contributed by atoms with Crippen LogP contribution < -0.4 is 0 Å². The van der Waals surface area contributed by atoms with Gasteiger partial charge in [-0.1, -0.05) is 42.8 Å². The molecule has 0 aliphatic rings. The number of aryl methyl sites for hydroxylation is 1. The molecule has 0 atom stereocenters. The number of hydrogen-bond acceptors (Lipinski definition) is 1. The Morgan fingerprint density at radius 3 is 1.82 bits per heavy atom. The fraction of sp³-hybridized carbons (Fsp3) is 0.400. The topological polar surface area (TPSA) is 20.2 Å². The summed E-state index contributed by atoms with van der Waals surface area (Å²) >= 11 is 0. The van der Waals surface area contributed by atoms with E-state index in [1.807, 2.05) is 25.1 Å². The minimum Gasteiger partial charge on any atom is -0.396 e. The first-order valence-corrected chi connectivity index (χ1v) is 3.93. The van der Waals surface area contributed by atoms with E-state index in [4.69, 9.17) is 5.11 Å². The van der Waals surface area contributed by atoms with E-state index in [1.54, 1.807) is 0 Å². The molecule has 1 aromatic carbocycles. The van der Waals surface area contributed by atoms with Crippen LogP contribution in [0.4, 0.5) is 0 Å². The van der Waals surface area contributed by atoms with Crippen molar-refractivity contribution in [2.75, 3.05) is 6.61 Å². The Morgan fingerprint density at radius 1 is 1.18 bits per heavy atom. The minimum atomic E-state index is 0.319. The Morgan fingerprint density at radius 2 is 1.64 bits per heavy atom. The van der Waals surface area contributed by atoms with E-state index in [2.05, 4.69) is 19.1 Å². The Labute approximate surface area is 68.7 Å². The van der Waals surface area contributed by atoms with Gasteiger partial charge in [0.1, 0.15) is 0 Å². The van der Waals surface area contributed by atoms with Crippen LogP contribution in [0.3, 0.4) is 0 Å². The zero-order valence-corrected chi connectivity index (χ0v) is 7.25. The molecular formula is C10H16O. The van der Waals surface area contributed by atoms with Gasteiger partial charge in [0.05, 0.1) is 0 Å².